The van der Waals surface area contributed by atoms with E-state index in [0.29, 0.717) is 23.4 Å². The van der Waals surface area contributed by atoms with Gasteiger partial charge in [0.05, 0.1) is 30.0 Å². The Kier molecular flexibility index (Phi) is 5.88. The summed E-state index contributed by atoms with van der Waals surface area (Å²) in [4.78, 5) is 14.2. The third-order valence-corrected chi connectivity index (χ3v) is 3.78. The number of ether oxygens (including phenoxy) is 1. The lowest BCUT2D eigenvalue weighted by Gasteiger charge is -2.22. The minimum absolute atomic E-state index is 0.113. The molecule has 0 saturated heterocycles. The van der Waals surface area contributed by atoms with Crippen LogP contribution in [0.25, 0.3) is 0 Å². The summed E-state index contributed by atoms with van der Waals surface area (Å²) in [7, 11) is 1.56. The SMILES string of the molecule is COCCN(Cc1ccco1)C(=O)c1cc(Br)cc(Cl)c1O. The van der Waals surface area contributed by atoms with Crippen molar-refractivity contribution in [2.45, 2.75) is 6.54 Å². The first kappa shape index (κ1) is 16.9. The smallest absolute Gasteiger partial charge is 0.258 e. The Morgan fingerprint density at radius 1 is 1.50 bits per heavy atom. The molecule has 1 N–H and O–H groups in total. The highest BCUT2D eigenvalue weighted by Crippen LogP contribution is 2.32. The molecule has 7 heteroatoms. The Morgan fingerprint density at radius 3 is 2.91 bits per heavy atom. The minimum Gasteiger partial charge on any atom is -0.506 e. The largest absolute Gasteiger partial charge is 0.506 e. The predicted molar refractivity (Wildman–Crippen MR) is 86.1 cm³/mol. The summed E-state index contributed by atoms with van der Waals surface area (Å²) < 4.78 is 10.9. The minimum atomic E-state index is -0.353. The number of rotatable bonds is 6. The number of hydrogen-bond donors (Lipinski definition) is 1. The highest BCUT2D eigenvalue weighted by molar-refractivity contribution is 9.10. The summed E-state index contributed by atoms with van der Waals surface area (Å²) in [6, 6.07) is 6.59. The van der Waals surface area contributed by atoms with E-state index in [0.717, 1.165) is 0 Å². The number of phenolic OH excluding ortho intramolecular Hbond substituents is 1. The van der Waals surface area contributed by atoms with Crippen LogP contribution in [0.1, 0.15) is 16.1 Å². The van der Waals surface area contributed by atoms with Crippen LogP contribution in [-0.4, -0.2) is 36.2 Å². The summed E-state index contributed by atoms with van der Waals surface area (Å²) in [6.07, 6.45) is 1.54. The molecule has 0 atom stereocenters. The summed E-state index contributed by atoms with van der Waals surface area (Å²) in [6.45, 7) is 1.01. The van der Waals surface area contributed by atoms with Crippen molar-refractivity contribution in [2.24, 2.45) is 0 Å². The first-order chi connectivity index (χ1) is 10.5. The van der Waals surface area contributed by atoms with Crippen molar-refractivity contribution in [3.63, 3.8) is 0 Å². The van der Waals surface area contributed by atoms with Crippen LogP contribution in [0.15, 0.2) is 39.4 Å². The number of nitrogens with zero attached hydrogens (tertiary/aromatic N) is 1. The normalized spacial score (nSPS) is 10.7. The maximum absolute atomic E-state index is 12.7. The molecule has 5 nitrogen and oxygen atoms in total. The molecule has 0 radical (unpaired) electrons. The molecule has 22 heavy (non-hydrogen) atoms. The van der Waals surface area contributed by atoms with Crippen molar-refractivity contribution in [3.8, 4) is 5.75 Å². The van der Waals surface area contributed by atoms with Gasteiger partial charge in [-0.25, -0.2) is 0 Å². The molecular formula is C15H15BrClNO4. The van der Waals surface area contributed by atoms with Gasteiger partial charge >= 0.3 is 0 Å². The molecule has 2 aromatic rings. The van der Waals surface area contributed by atoms with Crippen LogP contribution in [0.2, 0.25) is 5.02 Å². The lowest BCUT2D eigenvalue weighted by molar-refractivity contribution is 0.0663. The van der Waals surface area contributed by atoms with Gasteiger partial charge in [-0.1, -0.05) is 27.5 Å². The van der Waals surface area contributed by atoms with E-state index >= 15 is 0 Å². The number of phenols is 1. The quantitative estimate of drug-likeness (QED) is 0.820. The van der Waals surface area contributed by atoms with Crippen molar-refractivity contribution in [3.05, 3.63) is 51.3 Å². The standard InChI is InChI=1S/C15H15BrClNO4/c1-21-6-4-18(9-11-3-2-5-22-11)15(20)12-7-10(16)8-13(17)14(12)19/h2-3,5,7-8,19H,4,6,9H2,1H3. The highest BCUT2D eigenvalue weighted by Gasteiger charge is 2.22. The summed E-state index contributed by atoms with van der Waals surface area (Å²) in [5.74, 6) is 0.0518. The van der Waals surface area contributed by atoms with Crippen molar-refractivity contribution in [1.82, 2.24) is 4.90 Å². The molecule has 1 aromatic carbocycles. The molecule has 0 bridgehead atoms. The van der Waals surface area contributed by atoms with E-state index in [1.54, 1.807) is 25.5 Å². The summed E-state index contributed by atoms with van der Waals surface area (Å²) in [5.41, 5.74) is 0.127. The fraction of sp³-hybridized carbons (Fsp3) is 0.267. The van der Waals surface area contributed by atoms with Crippen molar-refractivity contribution < 1.29 is 19.1 Å². The summed E-state index contributed by atoms with van der Waals surface area (Å²) in [5, 5.41) is 10.2. The van der Waals surface area contributed by atoms with Gasteiger partial charge in [0.2, 0.25) is 0 Å². The van der Waals surface area contributed by atoms with Crippen LogP contribution in [0.5, 0.6) is 5.75 Å². The molecule has 1 amide bonds. The highest BCUT2D eigenvalue weighted by atomic mass is 79.9. The Bertz CT molecular complexity index is 645. The van der Waals surface area contributed by atoms with Crippen LogP contribution in [0.4, 0.5) is 0 Å². The maximum atomic E-state index is 12.7. The Balaban J connectivity index is 2.28. The van der Waals surface area contributed by atoms with E-state index in [2.05, 4.69) is 15.9 Å². The molecular weight excluding hydrogens is 374 g/mol. The van der Waals surface area contributed by atoms with Gasteiger partial charge in [0.15, 0.2) is 0 Å². The number of amides is 1. The Hall–Kier alpha value is -1.50. The molecule has 0 unspecified atom stereocenters. The van der Waals surface area contributed by atoms with Gasteiger partial charge in [0, 0.05) is 18.1 Å². The second-order valence-corrected chi connectivity index (χ2v) is 5.91. The van der Waals surface area contributed by atoms with E-state index in [1.165, 1.54) is 17.0 Å². The number of aromatic hydroxyl groups is 1. The fourth-order valence-electron chi connectivity index (χ4n) is 1.94. The molecule has 0 aliphatic rings. The Labute approximate surface area is 141 Å². The number of methoxy groups -OCH3 is 1. The average Bonchev–Trinajstić information content (AvgIpc) is 2.99. The molecule has 1 heterocycles. The molecule has 0 aliphatic carbocycles. The maximum Gasteiger partial charge on any atom is 0.258 e. The average molecular weight is 389 g/mol. The van der Waals surface area contributed by atoms with Crippen LogP contribution in [-0.2, 0) is 11.3 Å². The second kappa shape index (κ2) is 7.67. The molecule has 0 saturated carbocycles. The van der Waals surface area contributed by atoms with Crippen molar-refractivity contribution in [2.75, 3.05) is 20.3 Å². The van der Waals surface area contributed by atoms with Gasteiger partial charge in [-0.15, -0.1) is 0 Å². The van der Waals surface area contributed by atoms with Gasteiger partial charge in [-0.05, 0) is 24.3 Å². The molecule has 0 spiro atoms. The topological polar surface area (TPSA) is 62.9 Å². The lowest BCUT2D eigenvalue weighted by atomic mass is 10.1. The number of carbonyl (C=O) groups excluding carboxylic acids is 1. The molecule has 0 fully saturated rings. The number of halogens is 2. The zero-order chi connectivity index (χ0) is 16.1. The number of benzene rings is 1. The zero-order valence-corrected chi connectivity index (χ0v) is 14.2. The Morgan fingerprint density at radius 2 is 2.27 bits per heavy atom. The molecule has 118 valence electrons. The van der Waals surface area contributed by atoms with Gasteiger partial charge in [-0.3, -0.25) is 4.79 Å². The van der Waals surface area contributed by atoms with Crippen molar-refractivity contribution in [1.29, 1.82) is 0 Å². The first-order valence-electron chi connectivity index (χ1n) is 6.51. The van der Waals surface area contributed by atoms with Crippen molar-refractivity contribution >= 4 is 33.4 Å². The third-order valence-electron chi connectivity index (χ3n) is 3.04. The van der Waals surface area contributed by atoms with Crippen LogP contribution in [0, 0.1) is 0 Å². The van der Waals surface area contributed by atoms with Gasteiger partial charge in [-0.2, -0.15) is 0 Å². The summed E-state index contributed by atoms with van der Waals surface area (Å²) >= 11 is 9.19. The fourth-order valence-corrected chi connectivity index (χ4v) is 2.75. The third kappa shape index (κ3) is 4.03. The van der Waals surface area contributed by atoms with Gasteiger partial charge in [0.25, 0.3) is 5.91 Å². The molecule has 2 rings (SSSR count). The van der Waals surface area contributed by atoms with E-state index in [1.807, 2.05) is 0 Å². The first-order valence-corrected chi connectivity index (χ1v) is 7.68. The van der Waals surface area contributed by atoms with Gasteiger partial charge in [0.1, 0.15) is 11.5 Å². The van der Waals surface area contributed by atoms with Crippen LogP contribution in [0.3, 0.4) is 0 Å². The second-order valence-electron chi connectivity index (χ2n) is 4.58. The van der Waals surface area contributed by atoms with Gasteiger partial charge < -0.3 is 19.2 Å². The molecule has 1 aromatic heterocycles. The van der Waals surface area contributed by atoms with E-state index in [-0.39, 0.29) is 28.8 Å². The van der Waals surface area contributed by atoms with Crippen LogP contribution < -0.4 is 0 Å². The number of furan rings is 1. The molecule has 0 aliphatic heterocycles. The predicted octanol–water partition coefficient (Wildman–Crippen LogP) is 3.69. The zero-order valence-electron chi connectivity index (χ0n) is 11.9. The number of carbonyl (C=O) groups is 1. The van der Waals surface area contributed by atoms with Crippen LogP contribution >= 0.6 is 27.5 Å². The monoisotopic (exact) mass is 387 g/mol. The number of hydrogen-bond acceptors (Lipinski definition) is 4. The van der Waals surface area contributed by atoms with E-state index in [9.17, 15) is 9.90 Å². The van der Waals surface area contributed by atoms with E-state index < -0.39 is 0 Å². The lowest BCUT2D eigenvalue weighted by Crippen LogP contribution is -2.33. The van der Waals surface area contributed by atoms with E-state index in [4.69, 9.17) is 20.8 Å².